The highest BCUT2D eigenvalue weighted by Gasteiger charge is 2.45. The Balaban J connectivity index is 1.40. The molecule has 2 atom stereocenters. The molecule has 2 N–H and O–H groups in total. The molecule has 4 aliphatic rings. The number of amides is 1. The third kappa shape index (κ3) is 2.60. The minimum absolute atomic E-state index is 0.286. The number of hydrogen-bond donors (Lipinski definition) is 1. The van der Waals surface area contributed by atoms with E-state index in [9.17, 15) is 4.79 Å². The topological polar surface area (TPSA) is 46.3 Å². The van der Waals surface area contributed by atoms with Gasteiger partial charge < -0.3 is 10.6 Å². The predicted octanol–water partition coefficient (Wildman–Crippen LogP) is 3.32. The summed E-state index contributed by atoms with van der Waals surface area (Å²) in [5.74, 6) is 2.00. The molecule has 1 saturated heterocycles. The van der Waals surface area contributed by atoms with Gasteiger partial charge in [-0.15, -0.1) is 0 Å². The molecule has 4 fully saturated rings. The van der Waals surface area contributed by atoms with Crippen molar-refractivity contribution >= 4 is 5.91 Å². The standard InChI is InChI=1S/C19H32N2O/c20-17-14-5-4-6-15(17)12-16(11-14)18(22)21-10-9-19(13-21)7-2-1-3-8-19/h14-17H,1-13,20H2. The van der Waals surface area contributed by atoms with E-state index in [0.717, 1.165) is 25.9 Å². The number of rotatable bonds is 1. The summed E-state index contributed by atoms with van der Waals surface area (Å²) < 4.78 is 0. The molecule has 3 aliphatic carbocycles. The van der Waals surface area contributed by atoms with Gasteiger partial charge in [0.15, 0.2) is 0 Å². The molecule has 1 aliphatic heterocycles. The Morgan fingerprint density at radius 3 is 2.32 bits per heavy atom. The molecule has 124 valence electrons. The molecule has 2 bridgehead atoms. The molecule has 0 aromatic rings. The zero-order chi connectivity index (χ0) is 15.2. The van der Waals surface area contributed by atoms with Gasteiger partial charge in [-0.25, -0.2) is 0 Å². The molecular formula is C19H32N2O. The van der Waals surface area contributed by atoms with Crippen LogP contribution in [0, 0.1) is 23.2 Å². The number of nitrogens with two attached hydrogens (primary N) is 1. The lowest BCUT2D eigenvalue weighted by Gasteiger charge is -2.44. The lowest BCUT2D eigenvalue weighted by atomic mass is 9.65. The van der Waals surface area contributed by atoms with Crippen LogP contribution in [-0.4, -0.2) is 29.9 Å². The van der Waals surface area contributed by atoms with E-state index in [0.29, 0.717) is 29.2 Å². The predicted molar refractivity (Wildman–Crippen MR) is 88.2 cm³/mol. The molecule has 22 heavy (non-hydrogen) atoms. The Labute approximate surface area is 135 Å². The second-order valence-electron chi connectivity index (χ2n) is 8.77. The van der Waals surface area contributed by atoms with Crippen LogP contribution in [0.5, 0.6) is 0 Å². The summed E-state index contributed by atoms with van der Waals surface area (Å²) in [7, 11) is 0. The summed E-state index contributed by atoms with van der Waals surface area (Å²) in [5.41, 5.74) is 6.88. The van der Waals surface area contributed by atoms with E-state index in [-0.39, 0.29) is 5.92 Å². The zero-order valence-electron chi connectivity index (χ0n) is 13.9. The molecule has 3 nitrogen and oxygen atoms in total. The fourth-order valence-corrected chi connectivity index (χ4v) is 6.08. The first kappa shape index (κ1) is 15.0. The first-order valence-corrected chi connectivity index (χ1v) is 9.71. The van der Waals surface area contributed by atoms with Crippen molar-refractivity contribution < 1.29 is 4.79 Å². The Hall–Kier alpha value is -0.570. The molecule has 1 amide bonds. The van der Waals surface area contributed by atoms with Crippen molar-refractivity contribution in [3.05, 3.63) is 0 Å². The van der Waals surface area contributed by atoms with Crippen molar-refractivity contribution in [1.29, 1.82) is 0 Å². The van der Waals surface area contributed by atoms with E-state index in [1.165, 1.54) is 57.8 Å². The normalized spacial score (nSPS) is 40.9. The molecule has 0 aromatic heterocycles. The second kappa shape index (κ2) is 5.81. The van der Waals surface area contributed by atoms with E-state index in [4.69, 9.17) is 5.73 Å². The maximum atomic E-state index is 13.0. The van der Waals surface area contributed by atoms with Crippen LogP contribution >= 0.6 is 0 Å². The SMILES string of the molecule is NC1C2CCCC1CC(C(=O)N1CCC3(CCCCC3)C1)C2. The molecule has 0 radical (unpaired) electrons. The quantitative estimate of drug-likeness (QED) is 0.808. The van der Waals surface area contributed by atoms with Gasteiger partial charge in [0.05, 0.1) is 0 Å². The summed E-state index contributed by atoms with van der Waals surface area (Å²) in [6, 6.07) is 0.376. The van der Waals surface area contributed by atoms with Gasteiger partial charge in [0, 0.05) is 25.0 Å². The van der Waals surface area contributed by atoms with Crippen molar-refractivity contribution in [1.82, 2.24) is 4.90 Å². The number of carbonyl (C=O) groups is 1. The van der Waals surface area contributed by atoms with Crippen molar-refractivity contribution in [2.24, 2.45) is 28.9 Å². The fourth-order valence-electron chi connectivity index (χ4n) is 6.08. The molecule has 1 heterocycles. The first-order valence-electron chi connectivity index (χ1n) is 9.71. The maximum Gasteiger partial charge on any atom is 0.225 e. The minimum Gasteiger partial charge on any atom is -0.342 e. The third-order valence-electron chi connectivity index (χ3n) is 7.43. The highest BCUT2D eigenvalue weighted by Crippen LogP contribution is 2.46. The molecule has 2 unspecified atom stereocenters. The number of hydrogen-bond acceptors (Lipinski definition) is 2. The van der Waals surface area contributed by atoms with Gasteiger partial charge in [-0.3, -0.25) is 4.79 Å². The van der Waals surface area contributed by atoms with Crippen LogP contribution in [0.1, 0.15) is 70.6 Å². The first-order chi connectivity index (χ1) is 10.7. The molecule has 0 aromatic carbocycles. The van der Waals surface area contributed by atoms with E-state index < -0.39 is 0 Å². The maximum absolute atomic E-state index is 13.0. The largest absolute Gasteiger partial charge is 0.342 e. The number of carbonyl (C=O) groups excluding carboxylic acids is 1. The van der Waals surface area contributed by atoms with Gasteiger partial charge in [0.25, 0.3) is 0 Å². The smallest absolute Gasteiger partial charge is 0.225 e. The van der Waals surface area contributed by atoms with Gasteiger partial charge in [-0.1, -0.05) is 25.7 Å². The summed E-state index contributed by atoms with van der Waals surface area (Å²) in [6.45, 7) is 2.08. The summed E-state index contributed by atoms with van der Waals surface area (Å²) in [6.07, 6.45) is 14.1. The van der Waals surface area contributed by atoms with Crippen molar-refractivity contribution in [2.45, 2.75) is 76.7 Å². The zero-order valence-corrected chi connectivity index (χ0v) is 13.9. The Kier molecular flexibility index (Phi) is 3.96. The lowest BCUT2D eigenvalue weighted by Crippen LogP contribution is -2.49. The molecule has 3 heteroatoms. The van der Waals surface area contributed by atoms with Crippen molar-refractivity contribution in [3.63, 3.8) is 0 Å². The summed E-state index contributed by atoms with van der Waals surface area (Å²) in [5, 5.41) is 0. The van der Waals surface area contributed by atoms with Crippen LogP contribution < -0.4 is 5.73 Å². The van der Waals surface area contributed by atoms with Gasteiger partial charge in [-0.05, 0) is 62.2 Å². The Bertz CT molecular complexity index is 415. The van der Waals surface area contributed by atoms with E-state index in [1.54, 1.807) is 0 Å². The average Bonchev–Trinajstić information content (AvgIpc) is 2.90. The minimum atomic E-state index is 0.286. The van der Waals surface area contributed by atoms with Crippen LogP contribution in [-0.2, 0) is 4.79 Å². The number of nitrogens with zero attached hydrogens (tertiary/aromatic N) is 1. The molecule has 1 spiro atoms. The number of fused-ring (bicyclic) bond motifs is 2. The summed E-state index contributed by atoms with van der Waals surface area (Å²) in [4.78, 5) is 15.3. The molecule has 4 rings (SSSR count). The van der Waals surface area contributed by atoms with Gasteiger partial charge in [0.2, 0.25) is 5.91 Å². The lowest BCUT2D eigenvalue weighted by molar-refractivity contribution is -0.138. The van der Waals surface area contributed by atoms with Gasteiger partial charge in [0.1, 0.15) is 0 Å². The van der Waals surface area contributed by atoms with Crippen molar-refractivity contribution in [3.8, 4) is 0 Å². The molecular weight excluding hydrogens is 272 g/mol. The van der Waals surface area contributed by atoms with E-state index in [1.807, 2.05) is 0 Å². The van der Waals surface area contributed by atoms with Crippen LogP contribution in [0.3, 0.4) is 0 Å². The third-order valence-corrected chi connectivity index (χ3v) is 7.43. The molecule has 3 saturated carbocycles. The van der Waals surface area contributed by atoms with Crippen LogP contribution in [0.2, 0.25) is 0 Å². The van der Waals surface area contributed by atoms with Crippen molar-refractivity contribution in [2.75, 3.05) is 13.1 Å². The Morgan fingerprint density at radius 1 is 0.955 bits per heavy atom. The van der Waals surface area contributed by atoms with Crippen LogP contribution in [0.15, 0.2) is 0 Å². The average molecular weight is 304 g/mol. The van der Waals surface area contributed by atoms with Crippen LogP contribution in [0.4, 0.5) is 0 Å². The van der Waals surface area contributed by atoms with E-state index >= 15 is 0 Å². The van der Waals surface area contributed by atoms with E-state index in [2.05, 4.69) is 4.90 Å². The summed E-state index contributed by atoms with van der Waals surface area (Å²) >= 11 is 0. The monoisotopic (exact) mass is 304 g/mol. The Morgan fingerprint density at radius 2 is 1.64 bits per heavy atom. The number of likely N-dealkylation sites (tertiary alicyclic amines) is 1. The van der Waals surface area contributed by atoms with Gasteiger partial charge in [-0.2, -0.15) is 0 Å². The van der Waals surface area contributed by atoms with Gasteiger partial charge >= 0.3 is 0 Å². The highest BCUT2D eigenvalue weighted by atomic mass is 16.2. The van der Waals surface area contributed by atoms with Crippen LogP contribution in [0.25, 0.3) is 0 Å². The fraction of sp³-hybridized carbons (Fsp3) is 0.947. The second-order valence-corrected chi connectivity index (χ2v) is 8.77. The highest BCUT2D eigenvalue weighted by molar-refractivity contribution is 5.79.